The molecule has 0 saturated carbocycles. The fourth-order valence-corrected chi connectivity index (χ4v) is 2.93. The van der Waals surface area contributed by atoms with Crippen molar-refractivity contribution < 1.29 is 9.59 Å². The Bertz CT molecular complexity index is 1170. The second-order valence-electron chi connectivity index (χ2n) is 6.69. The number of nitrogens with one attached hydrogen (secondary N) is 2. The number of rotatable bonds is 4. The maximum absolute atomic E-state index is 12.9. The highest BCUT2D eigenvalue weighted by atomic mass is 16.2. The molecule has 0 aliphatic rings. The van der Waals surface area contributed by atoms with Crippen molar-refractivity contribution in [1.82, 2.24) is 25.6 Å². The Kier molecular flexibility index (Phi) is 5.34. The predicted octanol–water partition coefficient (Wildman–Crippen LogP) is 3.32. The van der Waals surface area contributed by atoms with Crippen molar-refractivity contribution in [2.75, 3.05) is 0 Å². The number of hydrazine groups is 1. The van der Waals surface area contributed by atoms with Crippen molar-refractivity contribution in [2.45, 2.75) is 6.92 Å². The van der Waals surface area contributed by atoms with E-state index in [4.69, 9.17) is 0 Å². The first kappa shape index (κ1) is 19.1. The van der Waals surface area contributed by atoms with Crippen LogP contribution in [0.15, 0.2) is 85.3 Å². The van der Waals surface area contributed by atoms with Crippen LogP contribution in [0.3, 0.4) is 0 Å². The van der Waals surface area contributed by atoms with Crippen LogP contribution in [0.2, 0.25) is 0 Å². The number of carbonyl (C=O) groups is 2. The second kappa shape index (κ2) is 8.40. The fraction of sp³-hybridized carbons (Fsp3) is 0.0435. The summed E-state index contributed by atoms with van der Waals surface area (Å²) in [4.78, 5) is 29.0. The van der Waals surface area contributed by atoms with E-state index in [9.17, 15) is 9.59 Å². The van der Waals surface area contributed by atoms with E-state index in [1.807, 2.05) is 61.5 Å². The van der Waals surface area contributed by atoms with E-state index < -0.39 is 11.8 Å². The smallest absolute Gasteiger partial charge is 0.267 e. The maximum atomic E-state index is 12.9. The van der Waals surface area contributed by atoms with E-state index in [0.29, 0.717) is 16.8 Å². The van der Waals surface area contributed by atoms with E-state index in [2.05, 4.69) is 20.9 Å². The first-order valence-corrected chi connectivity index (χ1v) is 9.34. The minimum absolute atomic E-state index is 0.341. The van der Waals surface area contributed by atoms with Crippen LogP contribution in [-0.4, -0.2) is 26.6 Å². The summed E-state index contributed by atoms with van der Waals surface area (Å²) in [6.45, 7) is 2.01. The lowest BCUT2D eigenvalue weighted by molar-refractivity contribution is 0.0847. The van der Waals surface area contributed by atoms with Crippen LogP contribution in [0.4, 0.5) is 0 Å². The minimum atomic E-state index is -0.468. The molecule has 7 heteroatoms. The van der Waals surface area contributed by atoms with Crippen molar-refractivity contribution in [2.24, 2.45) is 0 Å². The average Bonchev–Trinajstić information content (AvgIpc) is 3.24. The summed E-state index contributed by atoms with van der Waals surface area (Å²) in [7, 11) is 0. The monoisotopic (exact) mass is 397 g/mol. The van der Waals surface area contributed by atoms with Crippen LogP contribution in [-0.2, 0) is 0 Å². The largest absolute Gasteiger partial charge is 0.273 e. The van der Waals surface area contributed by atoms with Crippen LogP contribution < -0.4 is 10.9 Å². The highest BCUT2D eigenvalue weighted by Crippen LogP contribution is 2.23. The van der Waals surface area contributed by atoms with E-state index in [1.54, 1.807) is 29.2 Å². The molecule has 0 aliphatic carbocycles. The van der Waals surface area contributed by atoms with E-state index >= 15 is 0 Å². The summed E-state index contributed by atoms with van der Waals surface area (Å²) in [5.74, 6) is -0.923. The number of amides is 2. The third-order valence-electron chi connectivity index (χ3n) is 4.52. The standard InChI is InChI=1S/C23H19N5O2/c1-16-9-11-19(12-10-16)28-15-20(21(27-28)17-6-3-2-4-7-17)23(30)26-25-22(29)18-8-5-13-24-14-18/h2-15H,1H3,(H,25,29)(H,26,30). The number of aromatic nitrogens is 3. The van der Waals surface area contributed by atoms with Crippen LogP contribution in [0.1, 0.15) is 26.3 Å². The van der Waals surface area contributed by atoms with Gasteiger partial charge in [-0.15, -0.1) is 0 Å². The first-order valence-electron chi connectivity index (χ1n) is 9.34. The number of pyridine rings is 1. The number of nitrogens with zero attached hydrogens (tertiary/aromatic N) is 3. The summed E-state index contributed by atoms with van der Waals surface area (Å²) in [5.41, 5.74) is 8.84. The molecule has 2 amide bonds. The highest BCUT2D eigenvalue weighted by molar-refractivity contribution is 6.02. The summed E-state index contributed by atoms with van der Waals surface area (Å²) < 4.78 is 1.65. The van der Waals surface area contributed by atoms with Crippen molar-refractivity contribution in [3.8, 4) is 16.9 Å². The number of hydrogen-bond acceptors (Lipinski definition) is 4. The second-order valence-corrected chi connectivity index (χ2v) is 6.69. The molecule has 0 fully saturated rings. The molecule has 4 aromatic rings. The van der Waals surface area contributed by atoms with Crippen LogP contribution in [0.5, 0.6) is 0 Å². The lowest BCUT2D eigenvalue weighted by Gasteiger charge is -2.07. The molecule has 0 bridgehead atoms. The normalized spacial score (nSPS) is 10.4. The fourth-order valence-electron chi connectivity index (χ4n) is 2.93. The van der Waals surface area contributed by atoms with Crippen LogP contribution >= 0.6 is 0 Å². The molecule has 0 unspecified atom stereocenters. The van der Waals surface area contributed by atoms with Gasteiger partial charge in [0.2, 0.25) is 0 Å². The third kappa shape index (κ3) is 4.10. The van der Waals surface area contributed by atoms with Crippen molar-refractivity contribution >= 4 is 11.8 Å². The molecular weight excluding hydrogens is 378 g/mol. The van der Waals surface area contributed by atoms with Crippen molar-refractivity contribution in [1.29, 1.82) is 0 Å². The summed E-state index contributed by atoms with van der Waals surface area (Å²) >= 11 is 0. The lowest BCUT2D eigenvalue weighted by atomic mass is 10.1. The van der Waals surface area contributed by atoms with Gasteiger partial charge in [0.15, 0.2) is 0 Å². The molecule has 7 nitrogen and oxygen atoms in total. The Morgan fingerprint density at radius 3 is 2.30 bits per heavy atom. The Morgan fingerprint density at radius 1 is 0.867 bits per heavy atom. The van der Waals surface area contributed by atoms with E-state index in [-0.39, 0.29) is 0 Å². The molecule has 30 heavy (non-hydrogen) atoms. The van der Waals surface area contributed by atoms with Gasteiger partial charge in [-0.25, -0.2) is 4.68 Å². The Labute approximate surface area is 173 Å². The van der Waals surface area contributed by atoms with Crippen molar-refractivity contribution in [3.63, 3.8) is 0 Å². The zero-order valence-electron chi connectivity index (χ0n) is 16.2. The Balaban J connectivity index is 1.63. The molecule has 0 saturated heterocycles. The van der Waals surface area contributed by atoms with E-state index in [1.165, 1.54) is 6.20 Å². The highest BCUT2D eigenvalue weighted by Gasteiger charge is 2.19. The molecule has 2 aromatic heterocycles. The van der Waals surface area contributed by atoms with Gasteiger partial charge in [0, 0.05) is 24.2 Å². The number of carbonyl (C=O) groups excluding carboxylic acids is 2. The maximum Gasteiger partial charge on any atom is 0.273 e. The number of benzene rings is 2. The van der Waals surface area contributed by atoms with Crippen molar-refractivity contribution in [3.05, 3.63) is 102 Å². The molecule has 0 aliphatic heterocycles. The Hall–Kier alpha value is -4.26. The first-order chi connectivity index (χ1) is 14.6. The van der Waals surface area contributed by atoms with Gasteiger partial charge in [0.1, 0.15) is 5.69 Å². The van der Waals surface area contributed by atoms with Gasteiger partial charge >= 0.3 is 0 Å². The zero-order chi connectivity index (χ0) is 20.9. The molecule has 2 aromatic carbocycles. The summed E-state index contributed by atoms with van der Waals surface area (Å²) in [6, 6.07) is 20.5. The predicted molar refractivity (Wildman–Crippen MR) is 113 cm³/mol. The molecule has 2 N–H and O–H groups in total. The van der Waals surface area contributed by atoms with Crippen LogP contribution in [0, 0.1) is 6.92 Å². The quantitative estimate of drug-likeness (QED) is 0.517. The van der Waals surface area contributed by atoms with Gasteiger partial charge in [0.25, 0.3) is 11.8 Å². The molecular formula is C23H19N5O2. The summed E-state index contributed by atoms with van der Waals surface area (Å²) in [5, 5.41) is 4.62. The summed E-state index contributed by atoms with van der Waals surface area (Å²) in [6.07, 6.45) is 4.64. The van der Waals surface area contributed by atoms with Gasteiger partial charge < -0.3 is 0 Å². The minimum Gasteiger partial charge on any atom is -0.267 e. The number of aryl methyl sites for hydroxylation is 1. The SMILES string of the molecule is Cc1ccc(-n2cc(C(=O)NNC(=O)c3cccnc3)c(-c3ccccc3)n2)cc1. The van der Waals surface area contributed by atoms with Crippen LogP contribution in [0.25, 0.3) is 16.9 Å². The van der Waals surface area contributed by atoms with Gasteiger partial charge in [-0.3, -0.25) is 25.4 Å². The number of hydrogen-bond donors (Lipinski definition) is 2. The molecule has 0 radical (unpaired) electrons. The van der Waals surface area contributed by atoms with E-state index in [0.717, 1.165) is 16.8 Å². The Morgan fingerprint density at radius 2 is 1.60 bits per heavy atom. The molecule has 0 atom stereocenters. The van der Waals surface area contributed by atoms with Gasteiger partial charge in [-0.05, 0) is 31.2 Å². The molecule has 0 spiro atoms. The van der Waals surface area contributed by atoms with Gasteiger partial charge in [-0.1, -0.05) is 48.0 Å². The molecule has 148 valence electrons. The third-order valence-corrected chi connectivity index (χ3v) is 4.52. The average molecular weight is 397 g/mol. The van der Waals surface area contributed by atoms with Gasteiger partial charge in [0.05, 0.1) is 16.8 Å². The molecule has 2 heterocycles. The molecule has 4 rings (SSSR count). The zero-order valence-corrected chi connectivity index (χ0v) is 16.2. The lowest BCUT2D eigenvalue weighted by Crippen LogP contribution is -2.41. The topological polar surface area (TPSA) is 88.9 Å². The van der Waals surface area contributed by atoms with Gasteiger partial charge in [-0.2, -0.15) is 5.10 Å².